The van der Waals surface area contributed by atoms with Crippen LogP contribution in [0.4, 0.5) is 0 Å². The number of pyridine rings is 1. The molecule has 0 bridgehead atoms. The molecule has 3 rings (SSSR count). The Hall–Kier alpha value is -2.18. The summed E-state index contributed by atoms with van der Waals surface area (Å²) in [6, 6.07) is 7.67. The second-order valence-electron chi connectivity index (χ2n) is 6.81. The van der Waals surface area contributed by atoms with E-state index in [9.17, 15) is 9.59 Å². The lowest BCUT2D eigenvalue weighted by Crippen LogP contribution is -2.42. The molecule has 0 radical (unpaired) electrons. The van der Waals surface area contributed by atoms with Crippen LogP contribution in [0.5, 0.6) is 0 Å². The second-order valence-corrected chi connectivity index (χ2v) is 6.81. The minimum absolute atomic E-state index is 0.0747. The fraction of sp³-hybridized carbons (Fsp3) is 0.524. The molecule has 0 atom stereocenters. The quantitative estimate of drug-likeness (QED) is 0.842. The third-order valence-corrected chi connectivity index (χ3v) is 4.90. The number of aromatic nitrogens is 1. The van der Waals surface area contributed by atoms with Crippen molar-refractivity contribution >= 4 is 16.7 Å². The molecular formula is C21H32N4O2. The Labute approximate surface area is 161 Å². The molecule has 1 amide bonds. The monoisotopic (exact) mass is 372 g/mol. The van der Waals surface area contributed by atoms with Crippen LogP contribution in [0.1, 0.15) is 32.0 Å². The van der Waals surface area contributed by atoms with Crippen molar-refractivity contribution in [1.29, 1.82) is 0 Å². The number of carbonyl (C=O) groups is 1. The normalized spacial score (nSPS) is 13.3. The van der Waals surface area contributed by atoms with Crippen molar-refractivity contribution in [3.63, 3.8) is 0 Å². The molecule has 0 fully saturated rings. The molecule has 0 unspecified atom stereocenters. The molecular weight excluding hydrogens is 340 g/mol. The van der Waals surface area contributed by atoms with Gasteiger partial charge < -0.3 is 15.2 Å². The van der Waals surface area contributed by atoms with Crippen molar-refractivity contribution in [3.05, 3.63) is 45.9 Å². The highest BCUT2D eigenvalue weighted by atomic mass is 16.2. The summed E-state index contributed by atoms with van der Waals surface area (Å²) in [6.45, 7) is 10.9. The molecule has 1 aliphatic rings. The van der Waals surface area contributed by atoms with Crippen LogP contribution in [-0.4, -0.2) is 60.5 Å². The van der Waals surface area contributed by atoms with Gasteiger partial charge in [-0.25, -0.2) is 0 Å². The van der Waals surface area contributed by atoms with Crippen molar-refractivity contribution in [2.45, 2.75) is 33.7 Å². The van der Waals surface area contributed by atoms with Crippen LogP contribution in [0.25, 0.3) is 10.8 Å². The average Bonchev–Trinajstić information content (AvgIpc) is 2.68. The van der Waals surface area contributed by atoms with Gasteiger partial charge in [0.25, 0.3) is 5.56 Å². The van der Waals surface area contributed by atoms with Crippen LogP contribution in [0.2, 0.25) is 0 Å². The van der Waals surface area contributed by atoms with Crippen molar-refractivity contribution in [2.75, 3.05) is 39.8 Å². The maximum Gasteiger partial charge on any atom is 0.256 e. The number of amides is 1. The van der Waals surface area contributed by atoms with Gasteiger partial charge in [0.05, 0.1) is 13.1 Å². The molecule has 2 heterocycles. The highest BCUT2D eigenvalue weighted by molar-refractivity contribution is 5.86. The highest BCUT2D eigenvalue weighted by Gasteiger charge is 2.23. The van der Waals surface area contributed by atoms with E-state index < -0.39 is 0 Å². The molecule has 148 valence electrons. The number of aromatic amines is 1. The van der Waals surface area contributed by atoms with Gasteiger partial charge in [-0.2, -0.15) is 0 Å². The molecule has 0 saturated heterocycles. The van der Waals surface area contributed by atoms with Crippen LogP contribution in [0.15, 0.2) is 29.1 Å². The first-order valence-corrected chi connectivity index (χ1v) is 9.81. The van der Waals surface area contributed by atoms with Gasteiger partial charge in [-0.3, -0.25) is 14.5 Å². The van der Waals surface area contributed by atoms with Crippen molar-refractivity contribution in [2.24, 2.45) is 0 Å². The van der Waals surface area contributed by atoms with Crippen LogP contribution in [0, 0.1) is 0 Å². The number of carbonyl (C=O) groups excluding carboxylic acids is 1. The number of hydrogen-bond donors (Lipinski definition) is 2. The van der Waals surface area contributed by atoms with E-state index in [0.717, 1.165) is 42.5 Å². The Morgan fingerprint density at radius 3 is 2.44 bits per heavy atom. The standard InChI is InChI=1S/C17H21N3O2.C4H11N/c1-3-19(2)11-16(21)20-9-8-13-12-6-4-5-7-14(12)17(22)18-15(13)10-20;1-3-5-4-2/h4-7H,3,8-11H2,1-2H3,(H,18,22);5H,3-4H2,1-2H3. The van der Waals surface area contributed by atoms with Gasteiger partial charge >= 0.3 is 0 Å². The van der Waals surface area contributed by atoms with Gasteiger partial charge in [0.1, 0.15) is 0 Å². The van der Waals surface area contributed by atoms with Gasteiger partial charge in [0, 0.05) is 17.6 Å². The lowest BCUT2D eigenvalue weighted by molar-refractivity contribution is -0.133. The van der Waals surface area contributed by atoms with E-state index in [1.54, 1.807) is 0 Å². The molecule has 27 heavy (non-hydrogen) atoms. The van der Waals surface area contributed by atoms with E-state index in [-0.39, 0.29) is 11.5 Å². The van der Waals surface area contributed by atoms with Crippen LogP contribution >= 0.6 is 0 Å². The van der Waals surface area contributed by atoms with Gasteiger partial charge in [0.15, 0.2) is 0 Å². The molecule has 0 spiro atoms. The summed E-state index contributed by atoms with van der Waals surface area (Å²) >= 11 is 0. The Bertz CT molecular complexity index is 813. The predicted octanol–water partition coefficient (Wildman–Crippen LogP) is 1.98. The van der Waals surface area contributed by atoms with E-state index in [4.69, 9.17) is 0 Å². The zero-order chi connectivity index (χ0) is 19.8. The Balaban J connectivity index is 0.000000465. The lowest BCUT2D eigenvalue weighted by atomic mass is 9.98. The van der Waals surface area contributed by atoms with Gasteiger partial charge in [-0.05, 0) is 50.1 Å². The zero-order valence-corrected chi connectivity index (χ0v) is 17.0. The maximum atomic E-state index is 12.3. The number of H-pyrrole nitrogens is 1. The van der Waals surface area contributed by atoms with Crippen LogP contribution in [-0.2, 0) is 17.8 Å². The molecule has 6 heteroatoms. The van der Waals surface area contributed by atoms with Gasteiger partial charge in [-0.1, -0.05) is 39.0 Å². The second kappa shape index (κ2) is 10.2. The van der Waals surface area contributed by atoms with E-state index >= 15 is 0 Å². The summed E-state index contributed by atoms with van der Waals surface area (Å²) in [5.41, 5.74) is 1.97. The summed E-state index contributed by atoms with van der Waals surface area (Å²) in [5.74, 6) is 0.115. The minimum Gasteiger partial charge on any atom is -0.335 e. The summed E-state index contributed by atoms with van der Waals surface area (Å²) in [6.07, 6.45) is 0.786. The molecule has 1 aliphatic heterocycles. The molecule has 2 N–H and O–H groups in total. The Morgan fingerprint density at radius 2 is 1.85 bits per heavy atom. The summed E-state index contributed by atoms with van der Waals surface area (Å²) in [5, 5.41) is 4.85. The van der Waals surface area contributed by atoms with Gasteiger partial charge in [0.2, 0.25) is 5.91 Å². The molecule has 0 aliphatic carbocycles. The molecule has 2 aromatic rings. The van der Waals surface area contributed by atoms with Crippen molar-refractivity contribution in [3.8, 4) is 0 Å². The first-order valence-electron chi connectivity index (χ1n) is 9.81. The number of nitrogens with zero attached hydrogens (tertiary/aromatic N) is 2. The maximum absolute atomic E-state index is 12.3. The molecule has 0 saturated carbocycles. The summed E-state index contributed by atoms with van der Waals surface area (Å²) in [4.78, 5) is 31.3. The first-order chi connectivity index (χ1) is 13.0. The van der Waals surface area contributed by atoms with Crippen molar-refractivity contribution in [1.82, 2.24) is 20.1 Å². The zero-order valence-electron chi connectivity index (χ0n) is 17.0. The molecule has 1 aromatic heterocycles. The predicted molar refractivity (Wildman–Crippen MR) is 111 cm³/mol. The van der Waals surface area contributed by atoms with Crippen molar-refractivity contribution < 1.29 is 4.79 Å². The van der Waals surface area contributed by atoms with E-state index in [1.165, 1.54) is 5.56 Å². The summed E-state index contributed by atoms with van der Waals surface area (Å²) in [7, 11) is 1.94. The smallest absolute Gasteiger partial charge is 0.256 e. The number of benzene rings is 1. The molecule has 6 nitrogen and oxygen atoms in total. The van der Waals surface area contributed by atoms with Crippen LogP contribution < -0.4 is 10.9 Å². The number of hydrogen-bond acceptors (Lipinski definition) is 4. The third-order valence-electron chi connectivity index (χ3n) is 4.90. The minimum atomic E-state index is -0.0747. The molecule has 1 aromatic carbocycles. The topological polar surface area (TPSA) is 68.4 Å². The Kier molecular flexibility index (Phi) is 8.00. The van der Waals surface area contributed by atoms with Gasteiger partial charge in [-0.15, -0.1) is 0 Å². The number of nitrogens with one attached hydrogen (secondary N) is 2. The first kappa shape index (κ1) is 21.1. The van der Waals surface area contributed by atoms with Crippen LogP contribution in [0.3, 0.4) is 0 Å². The highest BCUT2D eigenvalue weighted by Crippen LogP contribution is 2.23. The summed E-state index contributed by atoms with van der Waals surface area (Å²) < 4.78 is 0. The largest absolute Gasteiger partial charge is 0.335 e. The number of rotatable bonds is 5. The SMILES string of the molecule is CCN(C)CC(=O)N1CCc2c([nH]c(=O)c3ccccc23)C1.CCNCC. The van der Waals surface area contributed by atoms with E-state index in [1.807, 2.05) is 48.0 Å². The fourth-order valence-electron chi connectivity index (χ4n) is 3.23. The lowest BCUT2D eigenvalue weighted by Gasteiger charge is -2.30. The Morgan fingerprint density at radius 1 is 1.19 bits per heavy atom. The fourth-order valence-corrected chi connectivity index (χ4v) is 3.23. The van der Waals surface area contributed by atoms with E-state index in [0.29, 0.717) is 19.6 Å². The number of likely N-dealkylation sites (N-methyl/N-ethyl adjacent to an activating group) is 1. The third kappa shape index (κ3) is 5.40. The number of fused-ring (bicyclic) bond motifs is 3. The van der Waals surface area contributed by atoms with E-state index in [2.05, 4.69) is 24.1 Å². The average molecular weight is 373 g/mol.